The summed E-state index contributed by atoms with van der Waals surface area (Å²) < 4.78 is 8.81. The predicted octanol–water partition coefficient (Wildman–Crippen LogP) is 2.04. The summed E-state index contributed by atoms with van der Waals surface area (Å²) >= 11 is 0. The predicted molar refractivity (Wildman–Crippen MR) is 95.6 cm³/mol. The first kappa shape index (κ1) is 15.5. The van der Waals surface area contributed by atoms with E-state index in [0.717, 1.165) is 33.8 Å². The zero-order chi connectivity index (χ0) is 17.4. The van der Waals surface area contributed by atoms with Gasteiger partial charge in [0.05, 0.1) is 24.0 Å². The quantitative estimate of drug-likeness (QED) is 0.561. The van der Waals surface area contributed by atoms with Crippen LogP contribution in [0.3, 0.4) is 0 Å². The molecule has 0 radical (unpaired) electrons. The van der Waals surface area contributed by atoms with E-state index in [1.54, 1.807) is 17.8 Å². The third-order valence-corrected chi connectivity index (χ3v) is 4.22. The Labute approximate surface area is 144 Å². The number of anilines is 1. The number of ether oxygens (including phenoxy) is 1. The van der Waals surface area contributed by atoms with Crippen molar-refractivity contribution in [1.82, 2.24) is 29.1 Å². The van der Waals surface area contributed by atoms with Crippen LogP contribution in [-0.4, -0.2) is 49.4 Å². The number of fused-ring (bicyclic) bond motifs is 2. The van der Waals surface area contributed by atoms with Crippen molar-refractivity contribution in [3.63, 3.8) is 0 Å². The van der Waals surface area contributed by atoms with E-state index in [1.807, 2.05) is 42.9 Å². The molecule has 0 atom stereocenters. The van der Waals surface area contributed by atoms with Crippen LogP contribution in [-0.2, 0) is 11.8 Å². The molecular weight excluding hydrogens is 318 g/mol. The van der Waals surface area contributed by atoms with Crippen molar-refractivity contribution in [1.29, 1.82) is 0 Å². The fourth-order valence-electron chi connectivity index (χ4n) is 2.79. The zero-order valence-corrected chi connectivity index (χ0v) is 14.4. The lowest BCUT2D eigenvalue weighted by atomic mass is 10.2. The Morgan fingerprint density at radius 1 is 1.20 bits per heavy atom. The number of aromatic nitrogens is 6. The number of methoxy groups -OCH3 is 1. The second-order valence-corrected chi connectivity index (χ2v) is 5.82. The molecule has 0 fully saturated rings. The molecule has 8 nitrogen and oxygen atoms in total. The smallest absolute Gasteiger partial charge is 0.241 e. The van der Waals surface area contributed by atoms with Crippen LogP contribution < -0.4 is 5.32 Å². The van der Waals surface area contributed by atoms with E-state index in [9.17, 15) is 0 Å². The van der Waals surface area contributed by atoms with Crippen LogP contribution in [0.1, 0.15) is 5.82 Å². The van der Waals surface area contributed by atoms with Gasteiger partial charge in [-0.25, -0.2) is 19.5 Å². The molecule has 25 heavy (non-hydrogen) atoms. The molecule has 0 aliphatic carbocycles. The molecule has 0 bridgehead atoms. The van der Waals surface area contributed by atoms with Crippen molar-refractivity contribution in [2.45, 2.75) is 6.92 Å². The third kappa shape index (κ3) is 2.70. The molecule has 0 spiro atoms. The van der Waals surface area contributed by atoms with E-state index in [2.05, 4.69) is 20.4 Å². The second kappa shape index (κ2) is 6.14. The first-order chi connectivity index (χ1) is 12.2. The first-order valence-corrected chi connectivity index (χ1v) is 8.05. The standard InChI is InChI=1S/C17H19N7O/c1-11-20-14-5-4-13(21-16(14)23(11)2)12-6-8-24-15(12)10-19-17(22-24)18-7-9-25-3/h4-6,8,10H,7,9H2,1-3H3,(H,18,22). The number of nitrogens with zero attached hydrogens (tertiary/aromatic N) is 6. The minimum atomic E-state index is 0.567. The first-order valence-electron chi connectivity index (χ1n) is 8.05. The Hall–Kier alpha value is -3.00. The van der Waals surface area contributed by atoms with Crippen molar-refractivity contribution in [2.24, 2.45) is 7.05 Å². The van der Waals surface area contributed by atoms with Gasteiger partial charge in [-0.2, -0.15) is 0 Å². The molecule has 0 saturated carbocycles. The number of hydrogen-bond acceptors (Lipinski definition) is 6. The van der Waals surface area contributed by atoms with Gasteiger partial charge in [0.2, 0.25) is 5.95 Å². The van der Waals surface area contributed by atoms with Gasteiger partial charge in [0.15, 0.2) is 5.65 Å². The topological polar surface area (TPSA) is 82.2 Å². The van der Waals surface area contributed by atoms with Crippen molar-refractivity contribution < 1.29 is 4.74 Å². The molecule has 0 amide bonds. The number of hydrogen-bond donors (Lipinski definition) is 1. The van der Waals surface area contributed by atoms with E-state index in [4.69, 9.17) is 9.72 Å². The van der Waals surface area contributed by atoms with E-state index < -0.39 is 0 Å². The van der Waals surface area contributed by atoms with E-state index in [0.29, 0.717) is 19.1 Å². The average molecular weight is 337 g/mol. The summed E-state index contributed by atoms with van der Waals surface area (Å²) in [4.78, 5) is 13.6. The fraction of sp³-hybridized carbons (Fsp3) is 0.294. The monoisotopic (exact) mass is 337 g/mol. The van der Waals surface area contributed by atoms with Crippen LogP contribution in [0.4, 0.5) is 5.95 Å². The Bertz CT molecular complexity index is 1050. The molecule has 4 rings (SSSR count). The van der Waals surface area contributed by atoms with Gasteiger partial charge in [-0.1, -0.05) is 0 Å². The van der Waals surface area contributed by atoms with Gasteiger partial charge in [0.1, 0.15) is 11.3 Å². The maximum atomic E-state index is 5.02. The SMILES string of the molecule is COCCNc1ncc2c(-c3ccc4nc(C)n(C)c4n3)ccn2n1. The molecule has 4 aromatic rings. The van der Waals surface area contributed by atoms with Crippen molar-refractivity contribution in [2.75, 3.05) is 25.6 Å². The Balaban J connectivity index is 1.73. The molecule has 0 unspecified atom stereocenters. The van der Waals surface area contributed by atoms with Crippen LogP contribution in [0, 0.1) is 6.92 Å². The molecule has 8 heteroatoms. The molecule has 0 aliphatic rings. The second-order valence-electron chi connectivity index (χ2n) is 5.82. The number of rotatable bonds is 5. The van der Waals surface area contributed by atoms with Gasteiger partial charge in [-0.3, -0.25) is 0 Å². The lowest BCUT2D eigenvalue weighted by Crippen LogP contribution is -2.11. The summed E-state index contributed by atoms with van der Waals surface area (Å²) in [6.07, 6.45) is 3.71. The van der Waals surface area contributed by atoms with E-state index >= 15 is 0 Å². The fourth-order valence-corrected chi connectivity index (χ4v) is 2.79. The van der Waals surface area contributed by atoms with Crippen LogP contribution in [0.25, 0.3) is 27.9 Å². The maximum Gasteiger partial charge on any atom is 0.241 e. The van der Waals surface area contributed by atoms with E-state index in [-0.39, 0.29) is 0 Å². The minimum absolute atomic E-state index is 0.567. The minimum Gasteiger partial charge on any atom is -0.383 e. The van der Waals surface area contributed by atoms with Gasteiger partial charge < -0.3 is 14.6 Å². The summed E-state index contributed by atoms with van der Waals surface area (Å²) in [5.74, 6) is 1.51. The van der Waals surface area contributed by atoms with E-state index in [1.165, 1.54) is 0 Å². The zero-order valence-electron chi connectivity index (χ0n) is 14.4. The van der Waals surface area contributed by atoms with Gasteiger partial charge in [-0.15, -0.1) is 5.10 Å². The molecule has 128 valence electrons. The molecule has 0 aromatic carbocycles. The third-order valence-electron chi connectivity index (χ3n) is 4.22. The lowest BCUT2D eigenvalue weighted by Gasteiger charge is -2.05. The molecule has 4 aromatic heterocycles. The highest BCUT2D eigenvalue weighted by atomic mass is 16.5. The van der Waals surface area contributed by atoms with Crippen LogP contribution in [0.15, 0.2) is 30.6 Å². The molecule has 0 saturated heterocycles. The number of nitrogens with one attached hydrogen (secondary N) is 1. The van der Waals surface area contributed by atoms with Crippen molar-refractivity contribution >= 4 is 22.6 Å². The van der Waals surface area contributed by atoms with Crippen molar-refractivity contribution in [3.05, 3.63) is 36.4 Å². The molecular formula is C17H19N7O. The molecule has 1 N–H and O–H groups in total. The summed E-state index contributed by atoms with van der Waals surface area (Å²) in [6.45, 7) is 3.24. The largest absolute Gasteiger partial charge is 0.383 e. The normalized spacial score (nSPS) is 11.5. The average Bonchev–Trinajstić information content (AvgIpc) is 3.16. The molecule has 0 aliphatic heterocycles. The summed E-state index contributed by atoms with van der Waals surface area (Å²) in [5, 5.41) is 7.60. The molecule has 4 heterocycles. The van der Waals surface area contributed by atoms with Gasteiger partial charge >= 0.3 is 0 Å². The van der Waals surface area contributed by atoms with Gasteiger partial charge in [-0.05, 0) is 25.1 Å². The highest BCUT2D eigenvalue weighted by Crippen LogP contribution is 2.25. The maximum absolute atomic E-state index is 5.02. The Morgan fingerprint density at radius 2 is 2.08 bits per heavy atom. The van der Waals surface area contributed by atoms with Crippen LogP contribution in [0.2, 0.25) is 0 Å². The van der Waals surface area contributed by atoms with Crippen molar-refractivity contribution in [3.8, 4) is 11.3 Å². The Kier molecular flexibility index (Phi) is 3.81. The highest BCUT2D eigenvalue weighted by molar-refractivity contribution is 5.82. The summed E-state index contributed by atoms with van der Waals surface area (Å²) in [6, 6.07) is 5.98. The van der Waals surface area contributed by atoms with Gasteiger partial charge in [0, 0.05) is 32.5 Å². The number of pyridine rings is 1. The number of aryl methyl sites for hydroxylation is 2. The van der Waals surface area contributed by atoms with Crippen LogP contribution >= 0.6 is 0 Å². The Morgan fingerprint density at radius 3 is 2.92 bits per heavy atom. The highest BCUT2D eigenvalue weighted by Gasteiger charge is 2.12. The van der Waals surface area contributed by atoms with Gasteiger partial charge in [0.25, 0.3) is 0 Å². The summed E-state index contributed by atoms with van der Waals surface area (Å²) in [5.41, 5.74) is 4.54. The van der Waals surface area contributed by atoms with Crippen LogP contribution in [0.5, 0.6) is 0 Å². The number of imidazole rings is 1. The summed E-state index contributed by atoms with van der Waals surface area (Å²) in [7, 11) is 3.64. The lowest BCUT2D eigenvalue weighted by molar-refractivity contribution is 0.210.